The molecule has 1 aliphatic carbocycles. The first-order valence-electron chi connectivity index (χ1n) is 3.81. The van der Waals surface area contributed by atoms with Gasteiger partial charge >= 0.3 is 0 Å². The quantitative estimate of drug-likeness (QED) is 0.590. The number of hydrogen-bond donors (Lipinski definition) is 0. The van der Waals surface area contributed by atoms with E-state index in [2.05, 4.69) is 5.10 Å². The number of aryl methyl sites for hydroxylation is 1. The highest BCUT2D eigenvalue weighted by Crippen LogP contribution is 2.31. The first-order valence-corrected chi connectivity index (χ1v) is 3.81. The minimum absolute atomic E-state index is 0.214. The van der Waals surface area contributed by atoms with Gasteiger partial charge in [0, 0.05) is 19.2 Å². The highest BCUT2D eigenvalue weighted by Gasteiger charge is 2.31. The molecule has 3 nitrogen and oxygen atoms in total. The van der Waals surface area contributed by atoms with Crippen molar-refractivity contribution in [2.45, 2.75) is 12.8 Å². The maximum atomic E-state index is 11.3. The molecule has 1 fully saturated rings. The summed E-state index contributed by atoms with van der Waals surface area (Å²) in [5.74, 6) is 0.496. The van der Waals surface area contributed by atoms with Crippen LogP contribution in [-0.2, 0) is 7.05 Å². The van der Waals surface area contributed by atoms with Gasteiger partial charge in [0.15, 0.2) is 5.78 Å². The van der Waals surface area contributed by atoms with Gasteiger partial charge in [-0.3, -0.25) is 9.48 Å². The van der Waals surface area contributed by atoms with Crippen LogP contribution in [0, 0.1) is 5.92 Å². The van der Waals surface area contributed by atoms with E-state index in [9.17, 15) is 4.79 Å². The third kappa shape index (κ3) is 1.18. The average Bonchev–Trinajstić information content (AvgIpc) is 2.74. The van der Waals surface area contributed by atoms with Crippen LogP contribution in [0.2, 0.25) is 0 Å². The summed E-state index contributed by atoms with van der Waals surface area (Å²) in [7, 11) is 1.82. The Morgan fingerprint density at radius 2 is 2.45 bits per heavy atom. The Labute approximate surface area is 65.0 Å². The van der Waals surface area contributed by atoms with Gasteiger partial charge in [0.05, 0.1) is 0 Å². The van der Waals surface area contributed by atoms with Crippen molar-refractivity contribution in [2.24, 2.45) is 13.0 Å². The first-order chi connectivity index (χ1) is 5.27. The minimum Gasteiger partial charge on any atom is -0.292 e. The van der Waals surface area contributed by atoms with Crippen molar-refractivity contribution >= 4 is 5.78 Å². The van der Waals surface area contributed by atoms with Crippen molar-refractivity contribution < 1.29 is 4.79 Å². The molecule has 0 saturated heterocycles. The number of carbonyl (C=O) groups excluding carboxylic acids is 1. The van der Waals surface area contributed by atoms with Crippen LogP contribution >= 0.6 is 0 Å². The van der Waals surface area contributed by atoms with E-state index in [1.54, 1.807) is 16.9 Å². The van der Waals surface area contributed by atoms with Gasteiger partial charge in [-0.15, -0.1) is 0 Å². The summed E-state index contributed by atoms with van der Waals surface area (Å²) in [6, 6.07) is 1.78. The van der Waals surface area contributed by atoms with Crippen molar-refractivity contribution in [3.63, 3.8) is 0 Å². The number of aromatic nitrogens is 2. The van der Waals surface area contributed by atoms with Gasteiger partial charge < -0.3 is 0 Å². The molecule has 0 unspecified atom stereocenters. The number of carbonyl (C=O) groups is 1. The summed E-state index contributed by atoms with van der Waals surface area (Å²) < 4.78 is 1.66. The largest absolute Gasteiger partial charge is 0.292 e. The Morgan fingerprint density at radius 3 is 2.91 bits per heavy atom. The molecule has 0 amide bonds. The van der Waals surface area contributed by atoms with E-state index in [1.807, 2.05) is 7.05 Å². The monoisotopic (exact) mass is 150 g/mol. The van der Waals surface area contributed by atoms with Crippen LogP contribution in [0.15, 0.2) is 12.3 Å². The molecule has 0 radical (unpaired) electrons. The van der Waals surface area contributed by atoms with Crippen LogP contribution in [0.1, 0.15) is 23.3 Å². The van der Waals surface area contributed by atoms with Gasteiger partial charge in [-0.05, 0) is 18.9 Å². The summed E-state index contributed by atoms with van der Waals surface area (Å²) in [5, 5.41) is 4.04. The van der Waals surface area contributed by atoms with E-state index in [4.69, 9.17) is 0 Å². The zero-order valence-corrected chi connectivity index (χ0v) is 6.45. The van der Waals surface area contributed by atoms with Crippen molar-refractivity contribution in [3.8, 4) is 0 Å². The minimum atomic E-state index is 0.214. The van der Waals surface area contributed by atoms with Crippen LogP contribution in [0.5, 0.6) is 0 Å². The molecule has 0 atom stereocenters. The van der Waals surface area contributed by atoms with E-state index in [0.717, 1.165) is 12.8 Å². The molecule has 0 aromatic carbocycles. The molecule has 3 heteroatoms. The standard InChI is InChI=1S/C8H10N2O/c1-10-5-4-7(9-10)8(11)6-2-3-6/h4-6H,2-3H2,1H3. The SMILES string of the molecule is Cn1ccc(C(=O)C2CC2)n1. The fourth-order valence-electron chi connectivity index (χ4n) is 1.10. The van der Waals surface area contributed by atoms with Gasteiger partial charge in [-0.25, -0.2) is 0 Å². The summed E-state index contributed by atoms with van der Waals surface area (Å²) in [5.41, 5.74) is 0.620. The second-order valence-corrected chi connectivity index (χ2v) is 3.01. The lowest BCUT2D eigenvalue weighted by molar-refractivity contribution is 0.0962. The maximum Gasteiger partial charge on any atom is 0.186 e. The first kappa shape index (κ1) is 6.58. The lowest BCUT2D eigenvalue weighted by Gasteiger charge is -1.89. The predicted molar refractivity (Wildman–Crippen MR) is 40.3 cm³/mol. The van der Waals surface area contributed by atoms with Crippen LogP contribution in [0.3, 0.4) is 0 Å². The second-order valence-electron chi connectivity index (χ2n) is 3.01. The fourth-order valence-corrected chi connectivity index (χ4v) is 1.10. The molecule has 0 N–H and O–H groups in total. The van der Waals surface area contributed by atoms with Crippen molar-refractivity contribution in [2.75, 3.05) is 0 Å². The van der Waals surface area contributed by atoms with Crippen LogP contribution in [-0.4, -0.2) is 15.6 Å². The maximum absolute atomic E-state index is 11.3. The van der Waals surface area contributed by atoms with E-state index < -0.39 is 0 Å². The number of nitrogens with zero attached hydrogens (tertiary/aromatic N) is 2. The lowest BCUT2D eigenvalue weighted by atomic mass is 10.2. The molecule has 58 valence electrons. The molecule has 0 spiro atoms. The Balaban J connectivity index is 2.21. The number of ketones is 1. The zero-order chi connectivity index (χ0) is 7.84. The lowest BCUT2D eigenvalue weighted by Crippen LogP contribution is -2.02. The predicted octanol–water partition coefficient (Wildman–Crippen LogP) is 1.01. The molecular weight excluding hydrogens is 140 g/mol. The summed E-state index contributed by atoms with van der Waals surface area (Å²) >= 11 is 0. The van der Waals surface area contributed by atoms with Crippen molar-refractivity contribution in [1.82, 2.24) is 9.78 Å². The fraction of sp³-hybridized carbons (Fsp3) is 0.500. The van der Waals surface area contributed by atoms with Gasteiger partial charge in [-0.1, -0.05) is 0 Å². The molecule has 1 aromatic heterocycles. The highest BCUT2D eigenvalue weighted by atomic mass is 16.1. The molecule has 1 aliphatic rings. The average molecular weight is 150 g/mol. The Hall–Kier alpha value is -1.12. The third-order valence-corrected chi connectivity index (χ3v) is 1.91. The van der Waals surface area contributed by atoms with Gasteiger partial charge in [-0.2, -0.15) is 5.10 Å². The second kappa shape index (κ2) is 2.19. The Morgan fingerprint density at radius 1 is 1.73 bits per heavy atom. The molecule has 0 aliphatic heterocycles. The summed E-state index contributed by atoms with van der Waals surface area (Å²) in [6.07, 6.45) is 3.90. The van der Waals surface area contributed by atoms with E-state index in [-0.39, 0.29) is 11.7 Å². The van der Waals surface area contributed by atoms with Crippen molar-refractivity contribution in [1.29, 1.82) is 0 Å². The molecule has 11 heavy (non-hydrogen) atoms. The molecule has 0 bridgehead atoms. The Kier molecular flexibility index (Phi) is 1.31. The van der Waals surface area contributed by atoms with E-state index in [1.165, 1.54) is 0 Å². The Bertz CT molecular complexity index is 286. The number of hydrogen-bond acceptors (Lipinski definition) is 2. The molecule has 1 aromatic rings. The molecule has 1 saturated carbocycles. The van der Waals surface area contributed by atoms with Gasteiger partial charge in [0.2, 0.25) is 0 Å². The third-order valence-electron chi connectivity index (χ3n) is 1.91. The normalized spacial score (nSPS) is 16.8. The molecule has 1 heterocycles. The summed E-state index contributed by atoms with van der Waals surface area (Å²) in [4.78, 5) is 11.3. The number of rotatable bonds is 2. The van der Waals surface area contributed by atoms with Crippen LogP contribution < -0.4 is 0 Å². The van der Waals surface area contributed by atoms with Gasteiger partial charge in [0.1, 0.15) is 5.69 Å². The highest BCUT2D eigenvalue weighted by molar-refractivity contribution is 5.97. The van der Waals surface area contributed by atoms with Crippen LogP contribution in [0.25, 0.3) is 0 Å². The van der Waals surface area contributed by atoms with E-state index >= 15 is 0 Å². The molecule has 2 rings (SSSR count). The van der Waals surface area contributed by atoms with Crippen LogP contribution in [0.4, 0.5) is 0 Å². The zero-order valence-electron chi connectivity index (χ0n) is 6.45. The number of Topliss-reactive ketones (excluding diaryl/α,β-unsaturated/α-hetero) is 1. The molecular formula is C8H10N2O. The van der Waals surface area contributed by atoms with Gasteiger partial charge in [0.25, 0.3) is 0 Å². The smallest absolute Gasteiger partial charge is 0.186 e. The van der Waals surface area contributed by atoms with Crippen molar-refractivity contribution in [3.05, 3.63) is 18.0 Å². The topological polar surface area (TPSA) is 34.9 Å². The summed E-state index contributed by atoms with van der Waals surface area (Å²) in [6.45, 7) is 0. The van der Waals surface area contributed by atoms with E-state index in [0.29, 0.717) is 5.69 Å².